The van der Waals surface area contributed by atoms with Crippen molar-refractivity contribution < 1.29 is 28.6 Å². The van der Waals surface area contributed by atoms with E-state index in [1.54, 1.807) is 0 Å². The van der Waals surface area contributed by atoms with E-state index in [-0.39, 0.29) is 31.1 Å². The summed E-state index contributed by atoms with van der Waals surface area (Å²) >= 11 is 0. The zero-order valence-corrected chi connectivity index (χ0v) is 53.3. The van der Waals surface area contributed by atoms with Crippen molar-refractivity contribution in [2.75, 3.05) is 13.2 Å². The lowest BCUT2D eigenvalue weighted by Crippen LogP contribution is -2.30. The van der Waals surface area contributed by atoms with Crippen LogP contribution in [0.25, 0.3) is 0 Å². The van der Waals surface area contributed by atoms with Gasteiger partial charge in [-0.3, -0.25) is 14.4 Å². The molecule has 0 saturated heterocycles. The molecular weight excluding hydrogens is 997 g/mol. The summed E-state index contributed by atoms with van der Waals surface area (Å²) in [5, 5.41) is 0. The highest BCUT2D eigenvalue weighted by Gasteiger charge is 2.19. The van der Waals surface area contributed by atoms with Gasteiger partial charge in [-0.25, -0.2) is 0 Å². The van der Waals surface area contributed by atoms with Gasteiger partial charge in [-0.1, -0.05) is 329 Å². The molecule has 0 radical (unpaired) electrons. The number of esters is 3. The molecule has 1 atom stereocenters. The summed E-state index contributed by atoms with van der Waals surface area (Å²) < 4.78 is 16.9. The molecule has 464 valence electrons. The Morgan fingerprint density at radius 1 is 0.259 bits per heavy atom. The smallest absolute Gasteiger partial charge is 0.306 e. The fourth-order valence-corrected chi connectivity index (χ4v) is 9.67. The quantitative estimate of drug-likeness (QED) is 0.0261. The van der Waals surface area contributed by atoms with Gasteiger partial charge in [0.2, 0.25) is 0 Å². The second kappa shape index (κ2) is 68.6. The molecule has 0 aromatic carbocycles. The number of hydrogen-bond donors (Lipinski definition) is 0. The lowest BCUT2D eigenvalue weighted by atomic mass is 10.0. The van der Waals surface area contributed by atoms with Crippen molar-refractivity contribution in [1.29, 1.82) is 0 Å². The number of ether oxygens (including phenoxy) is 3. The van der Waals surface area contributed by atoms with E-state index in [2.05, 4.69) is 130 Å². The fourth-order valence-electron chi connectivity index (χ4n) is 9.67. The number of unbranched alkanes of at least 4 members (excludes halogenated alkanes) is 33. The second-order valence-corrected chi connectivity index (χ2v) is 22.7. The van der Waals surface area contributed by atoms with Crippen LogP contribution in [0.5, 0.6) is 0 Å². The molecular formula is C75H128O6. The van der Waals surface area contributed by atoms with Crippen LogP contribution in [0.1, 0.15) is 329 Å². The maximum Gasteiger partial charge on any atom is 0.306 e. The van der Waals surface area contributed by atoms with Crippen molar-refractivity contribution in [3.8, 4) is 0 Å². The minimum atomic E-state index is -0.791. The molecule has 0 N–H and O–H groups in total. The third-order valence-corrected chi connectivity index (χ3v) is 14.8. The minimum Gasteiger partial charge on any atom is -0.462 e. The van der Waals surface area contributed by atoms with Crippen molar-refractivity contribution in [2.45, 2.75) is 335 Å². The Morgan fingerprint density at radius 2 is 0.481 bits per heavy atom. The Labute approximate surface area is 501 Å². The fraction of sp³-hybridized carbons (Fsp3) is 0.720. The van der Waals surface area contributed by atoms with Crippen LogP contribution in [0.2, 0.25) is 0 Å². The van der Waals surface area contributed by atoms with Gasteiger partial charge in [0, 0.05) is 19.3 Å². The lowest BCUT2D eigenvalue weighted by Gasteiger charge is -2.18. The molecule has 0 aliphatic carbocycles. The number of hydrogen-bond acceptors (Lipinski definition) is 6. The first-order valence-corrected chi connectivity index (χ1v) is 34.4. The molecule has 0 aliphatic heterocycles. The van der Waals surface area contributed by atoms with Crippen molar-refractivity contribution in [3.63, 3.8) is 0 Å². The van der Waals surface area contributed by atoms with Gasteiger partial charge in [0.25, 0.3) is 0 Å². The molecule has 0 fully saturated rings. The average Bonchev–Trinajstić information content (AvgIpc) is 3.47. The van der Waals surface area contributed by atoms with E-state index in [0.29, 0.717) is 19.3 Å². The molecule has 81 heavy (non-hydrogen) atoms. The summed E-state index contributed by atoms with van der Waals surface area (Å²) in [5.74, 6) is -0.903. The summed E-state index contributed by atoms with van der Waals surface area (Å²) in [7, 11) is 0. The Hall–Kier alpha value is -3.93. The van der Waals surface area contributed by atoms with Gasteiger partial charge < -0.3 is 14.2 Å². The molecule has 0 aromatic heterocycles. The maximum absolute atomic E-state index is 12.9. The standard InChI is InChI=1S/C75H128O6/c1-4-7-10-13-16-19-22-25-28-30-32-33-34-35-36-37-38-39-40-41-42-43-44-46-47-50-53-56-59-62-65-68-74(77)80-71-72(70-79-73(76)67-64-61-58-55-52-49-27-24-21-18-15-12-9-6-3)81-75(78)69-66-63-60-57-54-51-48-45-31-29-26-23-20-17-14-11-8-5-2/h7,10,16,19,25,28,32-33,35-36,38-39,41-42,44,46,50,53,72H,4-6,8-9,11-15,17-18,20-24,26-27,29-31,34,37,40,43,45,47-49,51-52,54-71H2,1-3H3/b10-7-,19-16-,28-25-,33-32-,36-35-,39-38-,42-41-,46-44-,53-50-. The van der Waals surface area contributed by atoms with E-state index in [1.165, 1.54) is 167 Å². The summed E-state index contributed by atoms with van der Waals surface area (Å²) in [6.45, 7) is 6.54. The van der Waals surface area contributed by atoms with Crippen molar-refractivity contribution in [3.05, 3.63) is 109 Å². The highest BCUT2D eigenvalue weighted by Crippen LogP contribution is 2.17. The van der Waals surface area contributed by atoms with Crippen LogP contribution < -0.4 is 0 Å². The predicted molar refractivity (Wildman–Crippen MR) is 353 cm³/mol. The van der Waals surface area contributed by atoms with Crippen LogP contribution in [0.4, 0.5) is 0 Å². The topological polar surface area (TPSA) is 78.9 Å². The molecule has 0 bridgehead atoms. The van der Waals surface area contributed by atoms with E-state index in [1.807, 2.05) is 0 Å². The molecule has 0 spiro atoms. The van der Waals surface area contributed by atoms with Crippen LogP contribution in [-0.4, -0.2) is 37.2 Å². The van der Waals surface area contributed by atoms with Gasteiger partial charge in [-0.15, -0.1) is 0 Å². The van der Waals surface area contributed by atoms with E-state index in [4.69, 9.17) is 14.2 Å². The van der Waals surface area contributed by atoms with E-state index < -0.39 is 6.10 Å². The SMILES string of the molecule is CC/C=C\C/C=C\C/C=C\C/C=C\C/C=C\C/C=C\C/C=C\C/C=C\C/C=C\CCCCCC(=O)OCC(COC(=O)CCCCCCCCCCCCCCCC)OC(=O)CCCCCCCCCCCCCCCCCCCC. The molecule has 0 heterocycles. The summed E-state index contributed by atoms with van der Waals surface area (Å²) in [6.07, 6.45) is 93.9. The van der Waals surface area contributed by atoms with Gasteiger partial charge in [-0.05, 0) is 89.9 Å². The van der Waals surface area contributed by atoms with Crippen LogP contribution >= 0.6 is 0 Å². The zero-order valence-electron chi connectivity index (χ0n) is 53.3. The van der Waals surface area contributed by atoms with Gasteiger partial charge in [-0.2, -0.15) is 0 Å². The highest BCUT2D eigenvalue weighted by atomic mass is 16.6. The molecule has 0 saturated carbocycles. The first kappa shape index (κ1) is 77.1. The molecule has 6 heteroatoms. The van der Waals surface area contributed by atoms with Gasteiger partial charge in [0.1, 0.15) is 13.2 Å². The van der Waals surface area contributed by atoms with Crippen molar-refractivity contribution in [2.24, 2.45) is 0 Å². The molecule has 6 nitrogen and oxygen atoms in total. The first-order valence-electron chi connectivity index (χ1n) is 34.4. The maximum atomic E-state index is 12.9. The summed E-state index contributed by atoms with van der Waals surface area (Å²) in [4.78, 5) is 38.4. The Balaban J connectivity index is 4.37. The molecule has 0 aliphatic rings. The molecule has 0 aromatic rings. The van der Waals surface area contributed by atoms with Crippen LogP contribution in [0, 0.1) is 0 Å². The zero-order chi connectivity index (χ0) is 58.5. The van der Waals surface area contributed by atoms with Crippen LogP contribution in [0.3, 0.4) is 0 Å². The Morgan fingerprint density at radius 3 is 0.753 bits per heavy atom. The second-order valence-electron chi connectivity index (χ2n) is 22.7. The number of allylic oxidation sites excluding steroid dienone is 18. The third-order valence-electron chi connectivity index (χ3n) is 14.8. The van der Waals surface area contributed by atoms with E-state index in [9.17, 15) is 14.4 Å². The van der Waals surface area contributed by atoms with Gasteiger partial charge in [0.15, 0.2) is 6.10 Å². The van der Waals surface area contributed by atoms with Crippen LogP contribution in [0.15, 0.2) is 109 Å². The number of rotatable bonds is 62. The molecule has 1 unspecified atom stereocenters. The molecule has 0 rings (SSSR count). The first-order chi connectivity index (χ1) is 40.0. The lowest BCUT2D eigenvalue weighted by molar-refractivity contribution is -0.167. The Bertz CT molecular complexity index is 1620. The number of carbonyl (C=O) groups excluding carboxylic acids is 3. The third kappa shape index (κ3) is 66.8. The average molecular weight is 1130 g/mol. The van der Waals surface area contributed by atoms with Crippen molar-refractivity contribution >= 4 is 17.9 Å². The summed E-state index contributed by atoms with van der Waals surface area (Å²) in [5.41, 5.74) is 0. The van der Waals surface area contributed by atoms with Gasteiger partial charge in [0.05, 0.1) is 0 Å². The largest absolute Gasteiger partial charge is 0.462 e. The van der Waals surface area contributed by atoms with Crippen molar-refractivity contribution in [1.82, 2.24) is 0 Å². The monoisotopic (exact) mass is 1120 g/mol. The Kier molecular flexibility index (Phi) is 65.2. The minimum absolute atomic E-state index is 0.0844. The summed E-state index contributed by atoms with van der Waals surface area (Å²) in [6, 6.07) is 0. The highest BCUT2D eigenvalue weighted by molar-refractivity contribution is 5.71. The van der Waals surface area contributed by atoms with Crippen LogP contribution in [-0.2, 0) is 28.6 Å². The van der Waals surface area contributed by atoms with E-state index >= 15 is 0 Å². The van der Waals surface area contributed by atoms with Gasteiger partial charge >= 0.3 is 17.9 Å². The number of carbonyl (C=O) groups is 3. The molecule has 0 amide bonds. The normalized spacial score (nSPS) is 12.8. The van der Waals surface area contributed by atoms with E-state index in [0.717, 1.165) is 122 Å². The predicted octanol–water partition coefficient (Wildman–Crippen LogP) is 23.8.